The topological polar surface area (TPSA) is 83.0 Å². The Labute approximate surface area is 173 Å². The van der Waals surface area contributed by atoms with Crippen molar-refractivity contribution in [1.82, 2.24) is 19.9 Å². The van der Waals surface area contributed by atoms with Crippen molar-refractivity contribution in [2.45, 2.75) is 32.8 Å². The van der Waals surface area contributed by atoms with Crippen LogP contribution in [-0.4, -0.2) is 25.9 Å². The van der Waals surface area contributed by atoms with E-state index >= 15 is 0 Å². The van der Waals surface area contributed by atoms with Gasteiger partial charge in [-0.15, -0.1) is 0 Å². The fourth-order valence-corrected chi connectivity index (χ4v) is 3.71. The molecule has 2 aromatic carbocycles. The van der Waals surface area contributed by atoms with Crippen LogP contribution in [0.1, 0.15) is 39.6 Å². The summed E-state index contributed by atoms with van der Waals surface area (Å²) < 4.78 is 12.5. The third kappa shape index (κ3) is 3.39. The van der Waals surface area contributed by atoms with Crippen LogP contribution >= 0.6 is 0 Å². The molecule has 150 valence electrons. The first-order valence-corrected chi connectivity index (χ1v) is 9.92. The minimum Gasteiger partial charge on any atom is -0.451 e. The number of fused-ring (bicyclic) bond motifs is 1. The van der Waals surface area contributed by atoms with Crippen LogP contribution in [0.3, 0.4) is 0 Å². The molecule has 1 aliphatic carbocycles. The van der Waals surface area contributed by atoms with Gasteiger partial charge in [-0.2, -0.15) is 10.1 Å². The zero-order valence-corrected chi connectivity index (χ0v) is 16.5. The molecule has 0 aliphatic heterocycles. The number of carbonyl (C=O) groups excluding carboxylic acids is 1. The van der Waals surface area contributed by atoms with Gasteiger partial charge in [-0.05, 0) is 38.3 Å². The van der Waals surface area contributed by atoms with Crippen molar-refractivity contribution in [3.05, 3.63) is 83.0 Å². The number of esters is 1. The average molecular weight is 400 g/mol. The van der Waals surface area contributed by atoms with E-state index in [4.69, 9.17) is 9.26 Å². The number of hydrogen-bond acceptors (Lipinski definition) is 6. The van der Waals surface area contributed by atoms with E-state index in [1.165, 1.54) is 0 Å². The molecule has 2 aromatic heterocycles. The lowest BCUT2D eigenvalue weighted by Gasteiger charge is -2.04. The number of aryl methyl sites for hydroxylation is 1. The zero-order valence-electron chi connectivity index (χ0n) is 16.5. The van der Waals surface area contributed by atoms with Crippen LogP contribution in [0.4, 0.5) is 0 Å². The van der Waals surface area contributed by atoms with Crippen molar-refractivity contribution in [2.75, 3.05) is 0 Å². The molecular weight excluding hydrogens is 380 g/mol. The SMILES string of the molecule is Cc1ccc(-c2noc(COC(=O)c3nn(-c4ccccc4)c4c3CCC4)n2)cc1. The van der Waals surface area contributed by atoms with Gasteiger partial charge >= 0.3 is 5.97 Å². The summed E-state index contributed by atoms with van der Waals surface area (Å²) in [6.45, 7) is 1.92. The lowest BCUT2D eigenvalue weighted by atomic mass is 10.1. The molecule has 30 heavy (non-hydrogen) atoms. The maximum absolute atomic E-state index is 12.7. The summed E-state index contributed by atoms with van der Waals surface area (Å²) in [5, 5.41) is 8.52. The molecule has 0 spiro atoms. The molecule has 1 aliphatic rings. The van der Waals surface area contributed by atoms with E-state index in [-0.39, 0.29) is 12.5 Å². The fraction of sp³-hybridized carbons (Fsp3) is 0.217. The third-order valence-corrected chi connectivity index (χ3v) is 5.23. The number of rotatable bonds is 5. The number of hydrogen-bond donors (Lipinski definition) is 0. The first-order chi connectivity index (χ1) is 14.7. The summed E-state index contributed by atoms with van der Waals surface area (Å²) in [7, 11) is 0. The molecule has 7 nitrogen and oxygen atoms in total. The number of ether oxygens (including phenoxy) is 1. The summed E-state index contributed by atoms with van der Waals surface area (Å²) in [4.78, 5) is 17.1. The van der Waals surface area contributed by atoms with Gasteiger partial charge in [-0.1, -0.05) is 53.2 Å². The van der Waals surface area contributed by atoms with Crippen LogP contribution < -0.4 is 0 Å². The van der Waals surface area contributed by atoms with Crippen molar-refractivity contribution in [3.8, 4) is 17.1 Å². The summed E-state index contributed by atoms with van der Waals surface area (Å²) in [6, 6.07) is 17.6. The summed E-state index contributed by atoms with van der Waals surface area (Å²) in [6.07, 6.45) is 2.72. The molecule has 5 rings (SSSR count). The fourth-order valence-electron chi connectivity index (χ4n) is 3.71. The predicted octanol–water partition coefficient (Wildman–Crippen LogP) is 4.08. The van der Waals surface area contributed by atoms with E-state index in [1.54, 1.807) is 0 Å². The molecule has 0 N–H and O–H groups in total. The smallest absolute Gasteiger partial charge is 0.359 e. The Kier molecular flexibility index (Phi) is 4.63. The Bertz CT molecular complexity index is 1190. The highest BCUT2D eigenvalue weighted by molar-refractivity contribution is 5.89. The molecule has 0 saturated heterocycles. The summed E-state index contributed by atoms with van der Waals surface area (Å²) in [5.74, 6) is 0.242. The standard InChI is InChI=1S/C23H20N4O3/c1-15-10-12-16(13-11-15)22-24-20(30-26-22)14-29-23(28)21-18-8-5-9-19(18)27(25-21)17-6-3-2-4-7-17/h2-4,6-7,10-13H,5,8-9,14H2,1H3. The Balaban J connectivity index is 1.33. The number of benzene rings is 2. The maximum atomic E-state index is 12.7. The lowest BCUT2D eigenvalue weighted by Crippen LogP contribution is -2.09. The monoisotopic (exact) mass is 400 g/mol. The van der Waals surface area contributed by atoms with Crippen molar-refractivity contribution in [3.63, 3.8) is 0 Å². The van der Waals surface area contributed by atoms with E-state index in [9.17, 15) is 4.79 Å². The second kappa shape index (κ2) is 7.59. The maximum Gasteiger partial charge on any atom is 0.359 e. The number of aromatic nitrogens is 4. The molecule has 4 aromatic rings. The van der Waals surface area contributed by atoms with Gasteiger partial charge in [0.2, 0.25) is 5.82 Å². The zero-order chi connectivity index (χ0) is 20.5. The Morgan fingerprint density at radius 2 is 1.90 bits per heavy atom. The molecule has 0 amide bonds. The Morgan fingerprint density at radius 1 is 1.10 bits per heavy atom. The second-order valence-corrected chi connectivity index (χ2v) is 7.33. The quantitative estimate of drug-likeness (QED) is 0.470. The van der Waals surface area contributed by atoms with Crippen LogP contribution in [0, 0.1) is 6.92 Å². The van der Waals surface area contributed by atoms with Gasteiger partial charge in [0.05, 0.1) is 5.69 Å². The normalized spacial score (nSPS) is 12.7. The minimum absolute atomic E-state index is 0.0926. The number of para-hydroxylation sites is 1. The van der Waals surface area contributed by atoms with E-state index in [2.05, 4.69) is 15.2 Å². The molecule has 0 atom stereocenters. The highest BCUT2D eigenvalue weighted by atomic mass is 16.6. The first kappa shape index (κ1) is 18.3. The molecular formula is C23H20N4O3. The molecule has 7 heteroatoms. The lowest BCUT2D eigenvalue weighted by molar-refractivity contribution is 0.0421. The van der Waals surface area contributed by atoms with Crippen molar-refractivity contribution in [1.29, 1.82) is 0 Å². The van der Waals surface area contributed by atoms with Crippen molar-refractivity contribution >= 4 is 5.97 Å². The first-order valence-electron chi connectivity index (χ1n) is 9.92. The van der Waals surface area contributed by atoms with E-state index in [0.717, 1.165) is 47.3 Å². The number of carbonyl (C=O) groups is 1. The summed E-state index contributed by atoms with van der Waals surface area (Å²) >= 11 is 0. The largest absolute Gasteiger partial charge is 0.451 e. The van der Waals surface area contributed by atoms with Gasteiger partial charge in [0.15, 0.2) is 12.3 Å². The van der Waals surface area contributed by atoms with E-state index < -0.39 is 5.97 Å². The predicted molar refractivity (Wildman–Crippen MR) is 109 cm³/mol. The van der Waals surface area contributed by atoms with Gasteiger partial charge in [0.25, 0.3) is 5.89 Å². The Morgan fingerprint density at radius 3 is 2.70 bits per heavy atom. The highest BCUT2D eigenvalue weighted by Gasteiger charge is 2.28. The van der Waals surface area contributed by atoms with Crippen LogP contribution in [-0.2, 0) is 24.2 Å². The van der Waals surface area contributed by atoms with Crippen LogP contribution in [0.15, 0.2) is 59.1 Å². The molecule has 0 radical (unpaired) electrons. The average Bonchev–Trinajstić information content (AvgIpc) is 3.50. The van der Waals surface area contributed by atoms with E-state index in [1.807, 2.05) is 66.2 Å². The van der Waals surface area contributed by atoms with Crippen LogP contribution in [0.2, 0.25) is 0 Å². The molecule has 0 fully saturated rings. The van der Waals surface area contributed by atoms with Crippen molar-refractivity contribution in [2.24, 2.45) is 0 Å². The van der Waals surface area contributed by atoms with Gasteiger partial charge in [-0.25, -0.2) is 9.48 Å². The van der Waals surface area contributed by atoms with Crippen LogP contribution in [0.5, 0.6) is 0 Å². The van der Waals surface area contributed by atoms with Gasteiger partial charge in [0, 0.05) is 16.8 Å². The summed E-state index contributed by atoms with van der Waals surface area (Å²) in [5.41, 5.74) is 5.35. The molecule has 0 saturated carbocycles. The van der Waals surface area contributed by atoms with Gasteiger partial charge in [0.1, 0.15) is 0 Å². The third-order valence-electron chi connectivity index (χ3n) is 5.23. The van der Waals surface area contributed by atoms with Gasteiger partial charge in [-0.3, -0.25) is 0 Å². The highest BCUT2D eigenvalue weighted by Crippen LogP contribution is 2.28. The Hall–Kier alpha value is -3.74. The second-order valence-electron chi connectivity index (χ2n) is 7.33. The number of nitrogens with zero attached hydrogens (tertiary/aromatic N) is 4. The molecule has 0 unspecified atom stereocenters. The van der Waals surface area contributed by atoms with Crippen molar-refractivity contribution < 1.29 is 14.1 Å². The minimum atomic E-state index is -0.474. The molecule has 0 bridgehead atoms. The van der Waals surface area contributed by atoms with Gasteiger partial charge < -0.3 is 9.26 Å². The molecule has 2 heterocycles. The van der Waals surface area contributed by atoms with E-state index in [0.29, 0.717) is 11.5 Å². The van der Waals surface area contributed by atoms with Crippen LogP contribution in [0.25, 0.3) is 17.1 Å².